The van der Waals surface area contributed by atoms with E-state index in [1.807, 2.05) is 0 Å². The first-order valence-electron chi connectivity index (χ1n) is 5.57. The maximum atomic E-state index is 13.4. The minimum absolute atomic E-state index is 0.0130. The molecule has 2 aromatic carbocycles. The summed E-state index contributed by atoms with van der Waals surface area (Å²) >= 11 is 3.21. The van der Waals surface area contributed by atoms with Crippen molar-refractivity contribution in [3.05, 3.63) is 63.6 Å². The normalized spacial score (nSPS) is 10.3. The highest BCUT2D eigenvalue weighted by molar-refractivity contribution is 9.10. The molecule has 0 aliphatic rings. The second-order valence-electron chi connectivity index (χ2n) is 3.97. The number of hydrogen-bond donors (Lipinski definition) is 1. The first kappa shape index (κ1) is 14.5. The van der Waals surface area contributed by atoms with E-state index in [9.17, 15) is 13.6 Å². The van der Waals surface area contributed by atoms with E-state index in [4.69, 9.17) is 9.84 Å². The molecule has 0 fully saturated rings. The van der Waals surface area contributed by atoms with Gasteiger partial charge in [0, 0.05) is 16.1 Å². The summed E-state index contributed by atoms with van der Waals surface area (Å²) in [7, 11) is 0. The molecular weight excluding hydrogens is 334 g/mol. The summed E-state index contributed by atoms with van der Waals surface area (Å²) in [5, 5.41) is 8.83. The SMILES string of the molecule is O=C(O)c1ccc(COc2cc(F)ccc2F)c(Br)c1. The predicted molar refractivity (Wildman–Crippen MR) is 71.8 cm³/mol. The fourth-order valence-electron chi connectivity index (χ4n) is 1.54. The van der Waals surface area contributed by atoms with Gasteiger partial charge in [-0.2, -0.15) is 0 Å². The summed E-state index contributed by atoms with van der Waals surface area (Å²) in [6.07, 6.45) is 0. The van der Waals surface area contributed by atoms with Crippen molar-refractivity contribution in [3.63, 3.8) is 0 Å². The van der Waals surface area contributed by atoms with E-state index in [2.05, 4.69) is 15.9 Å². The zero-order valence-electron chi connectivity index (χ0n) is 10.1. The van der Waals surface area contributed by atoms with Crippen molar-refractivity contribution >= 4 is 21.9 Å². The molecule has 0 aliphatic heterocycles. The Kier molecular flexibility index (Phi) is 4.34. The van der Waals surface area contributed by atoms with Gasteiger partial charge in [0.25, 0.3) is 0 Å². The molecule has 0 spiro atoms. The van der Waals surface area contributed by atoms with Crippen LogP contribution in [0.2, 0.25) is 0 Å². The van der Waals surface area contributed by atoms with Crippen molar-refractivity contribution in [1.82, 2.24) is 0 Å². The second-order valence-corrected chi connectivity index (χ2v) is 4.83. The summed E-state index contributed by atoms with van der Waals surface area (Å²) in [5.74, 6) is -2.50. The molecule has 1 N–H and O–H groups in total. The van der Waals surface area contributed by atoms with Crippen LogP contribution in [-0.4, -0.2) is 11.1 Å². The molecule has 0 atom stereocenters. The monoisotopic (exact) mass is 342 g/mol. The van der Waals surface area contributed by atoms with Gasteiger partial charge in [-0.15, -0.1) is 0 Å². The number of aromatic carboxylic acids is 1. The molecule has 0 bridgehead atoms. The third kappa shape index (κ3) is 3.33. The average Bonchev–Trinajstić information content (AvgIpc) is 2.40. The molecule has 0 amide bonds. The third-order valence-electron chi connectivity index (χ3n) is 2.58. The van der Waals surface area contributed by atoms with E-state index in [-0.39, 0.29) is 17.9 Å². The Hall–Kier alpha value is -1.95. The van der Waals surface area contributed by atoms with Gasteiger partial charge in [-0.05, 0) is 24.3 Å². The van der Waals surface area contributed by atoms with Crippen LogP contribution in [0.15, 0.2) is 40.9 Å². The van der Waals surface area contributed by atoms with E-state index in [1.54, 1.807) is 6.07 Å². The molecule has 0 radical (unpaired) electrons. The van der Waals surface area contributed by atoms with Crippen molar-refractivity contribution in [3.8, 4) is 5.75 Å². The Labute approximate surface area is 121 Å². The minimum atomic E-state index is -1.05. The van der Waals surface area contributed by atoms with Crippen LogP contribution in [0.4, 0.5) is 8.78 Å². The number of ether oxygens (including phenoxy) is 1. The zero-order valence-corrected chi connectivity index (χ0v) is 11.7. The number of benzene rings is 2. The predicted octanol–water partition coefficient (Wildman–Crippen LogP) is 4.00. The quantitative estimate of drug-likeness (QED) is 0.913. The third-order valence-corrected chi connectivity index (χ3v) is 3.31. The van der Waals surface area contributed by atoms with Gasteiger partial charge in [0.15, 0.2) is 11.6 Å². The van der Waals surface area contributed by atoms with Crippen LogP contribution in [0.5, 0.6) is 5.75 Å². The van der Waals surface area contributed by atoms with Gasteiger partial charge >= 0.3 is 5.97 Å². The Morgan fingerprint density at radius 1 is 1.20 bits per heavy atom. The van der Waals surface area contributed by atoms with Crippen LogP contribution in [0.3, 0.4) is 0 Å². The summed E-state index contributed by atoms with van der Waals surface area (Å²) in [4.78, 5) is 10.8. The van der Waals surface area contributed by atoms with Gasteiger partial charge in [0.1, 0.15) is 12.4 Å². The van der Waals surface area contributed by atoms with Gasteiger partial charge in [-0.25, -0.2) is 13.6 Å². The first-order chi connectivity index (χ1) is 9.47. The van der Waals surface area contributed by atoms with Crippen LogP contribution in [0, 0.1) is 11.6 Å². The minimum Gasteiger partial charge on any atom is -0.486 e. The van der Waals surface area contributed by atoms with E-state index < -0.39 is 17.6 Å². The smallest absolute Gasteiger partial charge is 0.335 e. The molecule has 0 aliphatic carbocycles. The number of rotatable bonds is 4. The highest BCUT2D eigenvalue weighted by Gasteiger charge is 2.09. The number of carbonyl (C=O) groups is 1. The lowest BCUT2D eigenvalue weighted by Crippen LogP contribution is -2.01. The number of carboxylic acids is 1. The summed E-state index contributed by atoms with van der Waals surface area (Å²) in [6, 6.07) is 7.31. The van der Waals surface area contributed by atoms with Crippen molar-refractivity contribution < 1.29 is 23.4 Å². The second kappa shape index (κ2) is 6.00. The van der Waals surface area contributed by atoms with Gasteiger partial charge in [-0.1, -0.05) is 22.0 Å². The molecule has 0 heterocycles. The Bertz CT molecular complexity index is 659. The van der Waals surface area contributed by atoms with Gasteiger partial charge < -0.3 is 9.84 Å². The molecule has 0 aromatic heterocycles. The molecule has 6 heteroatoms. The summed E-state index contributed by atoms with van der Waals surface area (Å²) < 4.78 is 32.0. The van der Waals surface area contributed by atoms with E-state index in [0.717, 1.165) is 18.2 Å². The highest BCUT2D eigenvalue weighted by Crippen LogP contribution is 2.23. The van der Waals surface area contributed by atoms with Crippen LogP contribution in [-0.2, 0) is 6.61 Å². The molecule has 0 saturated heterocycles. The Morgan fingerprint density at radius 3 is 2.60 bits per heavy atom. The van der Waals surface area contributed by atoms with Gasteiger partial charge in [0.2, 0.25) is 0 Å². The summed E-state index contributed by atoms with van der Waals surface area (Å²) in [5.41, 5.74) is 0.747. The summed E-state index contributed by atoms with van der Waals surface area (Å²) in [6.45, 7) is -0.0130. The average molecular weight is 343 g/mol. The van der Waals surface area contributed by atoms with Crippen LogP contribution >= 0.6 is 15.9 Å². The van der Waals surface area contributed by atoms with E-state index in [0.29, 0.717) is 10.0 Å². The first-order valence-corrected chi connectivity index (χ1v) is 6.36. The number of halogens is 3. The lowest BCUT2D eigenvalue weighted by atomic mass is 10.1. The molecule has 3 nitrogen and oxygen atoms in total. The van der Waals surface area contributed by atoms with Crippen LogP contribution in [0.25, 0.3) is 0 Å². The van der Waals surface area contributed by atoms with Crippen LogP contribution in [0.1, 0.15) is 15.9 Å². The molecule has 2 rings (SSSR count). The zero-order chi connectivity index (χ0) is 14.7. The molecule has 2 aromatic rings. The van der Waals surface area contributed by atoms with Crippen LogP contribution < -0.4 is 4.74 Å². The molecule has 0 saturated carbocycles. The lowest BCUT2D eigenvalue weighted by molar-refractivity contribution is 0.0696. The van der Waals surface area contributed by atoms with Crippen molar-refractivity contribution in [1.29, 1.82) is 0 Å². The van der Waals surface area contributed by atoms with Gasteiger partial charge in [0.05, 0.1) is 5.56 Å². The maximum Gasteiger partial charge on any atom is 0.335 e. The highest BCUT2D eigenvalue weighted by atomic mass is 79.9. The Morgan fingerprint density at radius 2 is 1.95 bits per heavy atom. The largest absolute Gasteiger partial charge is 0.486 e. The molecule has 104 valence electrons. The molecular formula is C14H9BrF2O3. The van der Waals surface area contributed by atoms with E-state index >= 15 is 0 Å². The lowest BCUT2D eigenvalue weighted by Gasteiger charge is -2.09. The molecule has 20 heavy (non-hydrogen) atoms. The maximum absolute atomic E-state index is 13.4. The van der Waals surface area contributed by atoms with E-state index in [1.165, 1.54) is 12.1 Å². The fraction of sp³-hybridized carbons (Fsp3) is 0.0714. The van der Waals surface area contributed by atoms with Crippen molar-refractivity contribution in [2.24, 2.45) is 0 Å². The topological polar surface area (TPSA) is 46.5 Å². The van der Waals surface area contributed by atoms with Gasteiger partial charge in [-0.3, -0.25) is 0 Å². The van der Waals surface area contributed by atoms with Crippen molar-refractivity contribution in [2.45, 2.75) is 6.61 Å². The Balaban J connectivity index is 2.15. The standard InChI is InChI=1S/C14H9BrF2O3/c15-11-5-8(14(18)19)1-2-9(11)7-20-13-6-10(16)3-4-12(13)17/h1-6H,7H2,(H,18,19). The molecule has 0 unspecified atom stereocenters. The number of carboxylic acid groups (broad SMARTS) is 1. The number of hydrogen-bond acceptors (Lipinski definition) is 2. The van der Waals surface area contributed by atoms with Crippen molar-refractivity contribution in [2.75, 3.05) is 0 Å². The fourth-order valence-corrected chi connectivity index (χ4v) is 2.03.